The summed E-state index contributed by atoms with van der Waals surface area (Å²) in [6, 6.07) is 5.05. The zero-order valence-corrected chi connectivity index (χ0v) is 14.6. The molecule has 1 saturated heterocycles. The number of benzene rings is 1. The SMILES string of the molecule is NC1CCN(CCC(=O)NC2Cc3cccc(C(=O)O)c3OB2O)CC1. The molecule has 1 amide bonds. The van der Waals surface area contributed by atoms with Crippen molar-refractivity contribution in [2.45, 2.75) is 37.7 Å². The number of nitrogens with two attached hydrogens (primary N) is 1. The molecular formula is C17H24BN3O5. The highest BCUT2D eigenvalue weighted by molar-refractivity contribution is 6.47. The van der Waals surface area contributed by atoms with Crippen LogP contribution in [-0.4, -0.2) is 65.6 Å². The van der Waals surface area contributed by atoms with Crippen molar-refractivity contribution in [2.24, 2.45) is 5.73 Å². The Labute approximate surface area is 152 Å². The molecule has 9 heteroatoms. The van der Waals surface area contributed by atoms with Crippen LogP contribution in [-0.2, 0) is 11.2 Å². The van der Waals surface area contributed by atoms with Crippen LogP contribution < -0.4 is 15.7 Å². The molecule has 0 spiro atoms. The zero-order valence-electron chi connectivity index (χ0n) is 14.6. The summed E-state index contributed by atoms with van der Waals surface area (Å²) >= 11 is 0. The van der Waals surface area contributed by atoms with Gasteiger partial charge in [0.05, 0.1) is 11.5 Å². The minimum Gasteiger partial charge on any atom is -0.534 e. The third-order valence-corrected chi connectivity index (χ3v) is 4.98. The van der Waals surface area contributed by atoms with Crippen molar-refractivity contribution in [1.82, 2.24) is 10.2 Å². The monoisotopic (exact) mass is 361 g/mol. The molecule has 0 aromatic heterocycles. The van der Waals surface area contributed by atoms with Crippen LogP contribution in [0.3, 0.4) is 0 Å². The van der Waals surface area contributed by atoms with E-state index in [1.54, 1.807) is 12.1 Å². The molecule has 3 rings (SSSR count). The van der Waals surface area contributed by atoms with Crippen LogP contribution in [0.15, 0.2) is 18.2 Å². The van der Waals surface area contributed by atoms with Crippen LogP contribution in [0.25, 0.3) is 0 Å². The van der Waals surface area contributed by atoms with Gasteiger partial charge in [-0.1, -0.05) is 12.1 Å². The first-order chi connectivity index (χ1) is 12.4. The van der Waals surface area contributed by atoms with Gasteiger partial charge in [-0.05, 0) is 44.0 Å². The number of likely N-dealkylation sites (tertiary alicyclic amines) is 1. The zero-order chi connectivity index (χ0) is 18.7. The Bertz CT molecular complexity index is 678. The third kappa shape index (κ3) is 4.35. The van der Waals surface area contributed by atoms with Gasteiger partial charge in [0.1, 0.15) is 5.75 Å². The Morgan fingerprint density at radius 2 is 2.08 bits per heavy atom. The van der Waals surface area contributed by atoms with E-state index in [1.165, 1.54) is 6.07 Å². The maximum Gasteiger partial charge on any atom is 0.547 e. The lowest BCUT2D eigenvalue weighted by atomic mass is 9.72. The first-order valence-electron chi connectivity index (χ1n) is 8.91. The van der Waals surface area contributed by atoms with Gasteiger partial charge in [0, 0.05) is 19.0 Å². The summed E-state index contributed by atoms with van der Waals surface area (Å²) in [4.78, 5) is 25.7. The van der Waals surface area contributed by atoms with Gasteiger partial charge >= 0.3 is 13.1 Å². The summed E-state index contributed by atoms with van der Waals surface area (Å²) in [6.07, 6.45) is 2.54. The van der Waals surface area contributed by atoms with Crippen LogP contribution in [0, 0.1) is 0 Å². The van der Waals surface area contributed by atoms with Gasteiger partial charge in [-0.2, -0.15) is 0 Å². The number of nitrogens with one attached hydrogen (secondary N) is 1. The fourth-order valence-electron chi connectivity index (χ4n) is 3.43. The van der Waals surface area contributed by atoms with E-state index < -0.39 is 19.0 Å². The molecular weight excluding hydrogens is 337 g/mol. The van der Waals surface area contributed by atoms with Crippen molar-refractivity contribution in [3.63, 3.8) is 0 Å². The molecule has 1 atom stereocenters. The predicted molar refractivity (Wildman–Crippen MR) is 95.9 cm³/mol. The summed E-state index contributed by atoms with van der Waals surface area (Å²) in [6.45, 7) is 2.45. The van der Waals surface area contributed by atoms with E-state index in [-0.39, 0.29) is 23.3 Å². The number of nitrogens with zero attached hydrogens (tertiary/aromatic N) is 1. The first-order valence-corrected chi connectivity index (χ1v) is 8.91. The molecule has 1 aromatic rings. The Morgan fingerprint density at radius 1 is 1.35 bits per heavy atom. The van der Waals surface area contributed by atoms with Crippen LogP contribution in [0.5, 0.6) is 5.75 Å². The van der Waals surface area contributed by atoms with Crippen LogP contribution in [0.4, 0.5) is 0 Å². The fourth-order valence-corrected chi connectivity index (χ4v) is 3.43. The molecule has 0 radical (unpaired) electrons. The quantitative estimate of drug-likeness (QED) is 0.528. The predicted octanol–water partition coefficient (Wildman–Crippen LogP) is -0.363. The molecule has 0 aliphatic carbocycles. The number of piperidine rings is 1. The molecule has 1 unspecified atom stereocenters. The Kier molecular flexibility index (Phi) is 5.80. The second-order valence-electron chi connectivity index (χ2n) is 6.91. The molecule has 0 saturated carbocycles. The lowest BCUT2D eigenvalue weighted by Crippen LogP contribution is -2.53. The molecule has 1 aromatic carbocycles. The Hall–Kier alpha value is -2.10. The van der Waals surface area contributed by atoms with Crippen molar-refractivity contribution < 1.29 is 24.4 Å². The highest BCUT2D eigenvalue weighted by Crippen LogP contribution is 2.30. The van der Waals surface area contributed by atoms with E-state index in [9.17, 15) is 19.7 Å². The molecule has 2 heterocycles. The molecule has 5 N–H and O–H groups in total. The number of aromatic carboxylic acids is 1. The second-order valence-corrected chi connectivity index (χ2v) is 6.91. The number of carbonyl (C=O) groups excluding carboxylic acids is 1. The summed E-state index contributed by atoms with van der Waals surface area (Å²) in [7, 11) is -1.28. The summed E-state index contributed by atoms with van der Waals surface area (Å²) in [5.41, 5.74) is 6.54. The molecule has 1 fully saturated rings. The Balaban J connectivity index is 1.54. The van der Waals surface area contributed by atoms with E-state index >= 15 is 0 Å². The van der Waals surface area contributed by atoms with E-state index in [2.05, 4.69) is 10.2 Å². The van der Waals surface area contributed by atoms with Crippen molar-refractivity contribution in [3.8, 4) is 5.75 Å². The van der Waals surface area contributed by atoms with Crippen molar-refractivity contribution in [1.29, 1.82) is 0 Å². The maximum atomic E-state index is 12.2. The standard InChI is InChI=1S/C17H24BN3O5/c19-12-4-7-21(8-5-12)9-6-15(22)20-14-10-11-2-1-3-13(17(23)24)16(11)26-18(14)25/h1-3,12,14,25H,4-10,19H2,(H,20,22)(H,23,24). The first kappa shape index (κ1) is 18.7. The van der Waals surface area contributed by atoms with E-state index in [4.69, 9.17) is 10.4 Å². The lowest BCUT2D eigenvalue weighted by molar-refractivity contribution is -0.121. The number of fused-ring (bicyclic) bond motifs is 1. The smallest absolute Gasteiger partial charge is 0.534 e. The fraction of sp³-hybridized carbons (Fsp3) is 0.529. The van der Waals surface area contributed by atoms with E-state index in [1.807, 2.05) is 0 Å². The van der Waals surface area contributed by atoms with Crippen LogP contribution >= 0.6 is 0 Å². The third-order valence-electron chi connectivity index (χ3n) is 4.98. The van der Waals surface area contributed by atoms with Gasteiger partial charge in [0.25, 0.3) is 0 Å². The Morgan fingerprint density at radius 3 is 2.77 bits per heavy atom. The van der Waals surface area contributed by atoms with E-state index in [0.717, 1.165) is 25.9 Å². The topological polar surface area (TPSA) is 125 Å². The lowest BCUT2D eigenvalue weighted by Gasteiger charge is -2.31. The molecule has 2 aliphatic rings. The van der Waals surface area contributed by atoms with Crippen LogP contribution in [0.1, 0.15) is 35.2 Å². The van der Waals surface area contributed by atoms with Gasteiger partial charge in [-0.25, -0.2) is 4.79 Å². The minimum absolute atomic E-state index is 0.00892. The van der Waals surface area contributed by atoms with Gasteiger partial charge < -0.3 is 30.7 Å². The van der Waals surface area contributed by atoms with Crippen molar-refractivity contribution in [2.75, 3.05) is 19.6 Å². The highest BCUT2D eigenvalue weighted by Gasteiger charge is 2.37. The number of para-hydroxylation sites is 1. The molecule has 140 valence electrons. The molecule has 8 nitrogen and oxygen atoms in total. The highest BCUT2D eigenvalue weighted by atomic mass is 16.5. The van der Waals surface area contributed by atoms with E-state index in [0.29, 0.717) is 24.9 Å². The number of rotatable bonds is 5. The van der Waals surface area contributed by atoms with Gasteiger partial charge in [0.2, 0.25) is 5.91 Å². The van der Waals surface area contributed by atoms with Gasteiger partial charge in [0.15, 0.2) is 0 Å². The van der Waals surface area contributed by atoms with Crippen molar-refractivity contribution >= 4 is 19.0 Å². The maximum absolute atomic E-state index is 12.2. The number of carboxylic acid groups (broad SMARTS) is 1. The van der Waals surface area contributed by atoms with Crippen LogP contribution in [0.2, 0.25) is 0 Å². The number of carbonyl (C=O) groups is 2. The summed E-state index contributed by atoms with van der Waals surface area (Å²) < 4.78 is 5.38. The van der Waals surface area contributed by atoms with Gasteiger partial charge in [-0.15, -0.1) is 0 Å². The number of hydrogen-bond acceptors (Lipinski definition) is 6. The molecule has 0 bridgehead atoms. The minimum atomic E-state index is -1.28. The summed E-state index contributed by atoms with van der Waals surface area (Å²) in [5.74, 6) is -1.71. The number of amides is 1. The average molecular weight is 361 g/mol. The normalized spacial score (nSPS) is 21.0. The second kappa shape index (κ2) is 8.07. The summed E-state index contributed by atoms with van der Waals surface area (Å²) in [5, 5.41) is 22.2. The average Bonchev–Trinajstić information content (AvgIpc) is 2.61. The molecule has 26 heavy (non-hydrogen) atoms. The van der Waals surface area contributed by atoms with Gasteiger partial charge in [-0.3, -0.25) is 4.79 Å². The number of carboxylic acids is 1. The largest absolute Gasteiger partial charge is 0.547 e. The molecule has 2 aliphatic heterocycles. The van der Waals surface area contributed by atoms with Crippen molar-refractivity contribution in [3.05, 3.63) is 29.3 Å². The number of hydrogen-bond donors (Lipinski definition) is 4.